The van der Waals surface area contributed by atoms with E-state index in [1.165, 1.54) is 6.92 Å². The Bertz CT molecular complexity index is 1600. The molecule has 2 unspecified atom stereocenters. The molecule has 11 nitrogen and oxygen atoms in total. The highest BCUT2D eigenvalue weighted by Gasteiger charge is 2.44. The van der Waals surface area contributed by atoms with Gasteiger partial charge in [-0.2, -0.15) is 13.2 Å². The molecule has 0 aromatic heterocycles. The number of nitrogens with two attached hydrogens (primary N) is 1. The number of alkyl halides is 3. The van der Waals surface area contributed by atoms with E-state index in [-0.39, 0.29) is 6.42 Å². The van der Waals surface area contributed by atoms with E-state index in [0.29, 0.717) is 11.1 Å². The zero-order valence-electron chi connectivity index (χ0n) is 27.9. The Balaban J connectivity index is 1.74. The van der Waals surface area contributed by atoms with Crippen LogP contribution in [-0.4, -0.2) is 71.1 Å². The molecular weight excluding hydrogens is 655 g/mol. The molecule has 0 radical (unpaired) electrons. The summed E-state index contributed by atoms with van der Waals surface area (Å²) in [6, 6.07) is 19.4. The molecule has 0 heterocycles. The SMILES string of the molecule is CC(C)[C@H](NC(=O)c1ccc(-c2ccccc2)cc1)C(=O)N[C@@H](Cc1ccccc1)C(=O)N[C@H](C)C(=O)NC(CCC(N)=O)C(O)C(F)(F)F. The summed E-state index contributed by atoms with van der Waals surface area (Å²) in [6.45, 7) is 4.64. The third kappa shape index (κ3) is 11.7. The highest BCUT2D eigenvalue weighted by molar-refractivity contribution is 5.99. The number of nitrogens with one attached hydrogen (secondary N) is 4. The van der Waals surface area contributed by atoms with Gasteiger partial charge in [-0.15, -0.1) is 0 Å². The van der Waals surface area contributed by atoms with Gasteiger partial charge in [-0.05, 0) is 48.1 Å². The molecule has 3 aromatic carbocycles. The first-order chi connectivity index (χ1) is 23.6. The molecule has 5 amide bonds. The number of hydrogen-bond acceptors (Lipinski definition) is 6. The number of rotatable bonds is 16. The lowest BCUT2D eigenvalue weighted by molar-refractivity contribution is -0.212. The number of primary amides is 1. The van der Waals surface area contributed by atoms with Gasteiger partial charge in [0.1, 0.15) is 18.1 Å². The summed E-state index contributed by atoms with van der Waals surface area (Å²) >= 11 is 0. The summed E-state index contributed by atoms with van der Waals surface area (Å²) in [5.41, 5.74) is 7.86. The van der Waals surface area contributed by atoms with Gasteiger partial charge in [0.25, 0.3) is 5.91 Å². The molecule has 0 aliphatic rings. The van der Waals surface area contributed by atoms with E-state index in [0.717, 1.165) is 11.1 Å². The first kappa shape index (κ1) is 39.2. The zero-order chi connectivity index (χ0) is 37.0. The minimum atomic E-state index is -5.11. The van der Waals surface area contributed by atoms with Crippen molar-refractivity contribution >= 4 is 29.5 Å². The maximum absolute atomic E-state index is 13.6. The van der Waals surface area contributed by atoms with Gasteiger partial charge in [0.15, 0.2) is 6.10 Å². The second-order valence-electron chi connectivity index (χ2n) is 12.2. The Morgan fingerprint density at radius 3 is 1.82 bits per heavy atom. The van der Waals surface area contributed by atoms with Gasteiger partial charge < -0.3 is 32.1 Å². The second-order valence-corrected chi connectivity index (χ2v) is 12.2. The Morgan fingerprint density at radius 1 is 0.720 bits per heavy atom. The highest BCUT2D eigenvalue weighted by Crippen LogP contribution is 2.24. The number of aliphatic hydroxyl groups is 1. The van der Waals surface area contributed by atoms with E-state index in [1.54, 1.807) is 68.4 Å². The van der Waals surface area contributed by atoms with Crippen LogP contribution in [0.1, 0.15) is 49.5 Å². The predicted molar refractivity (Wildman–Crippen MR) is 180 cm³/mol. The van der Waals surface area contributed by atoms with Crippen LogP contribution in [0.2, 0.25) is 0 Å². The largest absolute Gasteiger partial charge is 0.416 e. The van der Waals surface area contributed by atoms with Gasteiger partial charge in [0.05, 0.1) is 6.04 Å². The van der Waals surface area contributed by atoms with Crippen molar-refractivity contribution in [3.05, 3.63) is 96.1 Å². The van der Waals surface area contributed by atoms with Gasteiger partial charge in [-0.3, -0.25) is 24.0 Å². The van der Waals surface area contributed by atoms with Gasteiger partial charge >= 0.3 is 6.18 Å². The summed E-state index contributed by atoms with van der Waals surface area (Å²) in [6.07, 6.45) is -9.28. The topological polar surface area (TPSA) is 180 Å². The van der Waals surface area contributed by atoms with Crippen LogP contribution >= 0.6 is 0 Å². The quantitative estimate of drug-likeness (QED) is 0.134. The van der Waals surface area contributed by atoms with E-state index < -0.39 is 84.7 Å². The average molecular weight is 698 g/mol. The fourth-order valence-electron chi connectivity index (χ4n) is 5.05. The molecule has 0 aliphatic carbocycles. The molecule has 14 heteroatoms. The third-order valence-electron chi connectivity index (χ3n) is 7.90. The zero-order valence-corrected chi connectivity index (χ0v) is 27.9. The number of hydrogen-bond donors (Lipinski definition) is 6. The Morgan fingerprint density at radius 2 is 1.28 bits per heavy atom. The van der Waals surface area contributed by atoms with Crippen molar-refractivity contribution in [3.63, 3.8) is 0 Å². The minimum Gasteiger partial charge on any atom is -0.382 e. The van der Waals surface area contributed by atoms with E-state index in [1.807, 2.05) is 35.6 Å². The molecular formula is C36H42F3N5O6. The van der Waals surface area contributed by atoms with Crippen LogP contribution in [0.15, 0.2) is 84.9 Å². The molecule has 3 aromatic rings. The van der Waals surface area contributed by atoms with Crippen LogP contribution in [0, 0.1) is 5.92 Å². The fraction of sp³-hybridized carbons (Fsp3) is 0.361. The van der Waals surface area contributed by atoms with Crippen LogP contribution in [-0.2, 0) is 25.6 Å². The van der Waals surface area contributed by atoms with Gasteiger partial charge in [0, 0.05) is 18.4 Å². The van der Waals surface area contributed by atoms with Crippen LogP contribution in [0.5, 0.6) is 0 Å². The van der Waals surface area contributed by atoms with Crippen molar-refractivity contribution in [1.82, 2.24) is 21.3 Å². The van der Waals surface area contributed by atoms with Crippen molar-refractivity contribution in [3.8, 4) is 11.1 Å². The lowest BCUT2D eigenvalue weighted by Gasteiger charge is -2.28. The van der Waals surface area contributed by atoms with Crippen LogP contribution in [0.3, 0.4) is 0 Å². The number of benzene rings is 3. The summed E-state index contributed by atoms with van der Waals surface area (Å²) in [5, 5.41) is 19.6. The Hall–Kier alpha value is -5.24. The molecule has 0 saturated carbocycles. The monoisotopic (exact) mass is 697 g/mol. The number of halogens is 3. The van der Waals surface area contributed by atoms with Gasteiger partial charge in [0.2, 0.25) is 23.6 Å². The molecule has 268 valence electrons. The fourth-order valence-corrected chi connectivity index (χ4v) is 5.05. The standard InChI is InChI=1S/C36H42F3N5O6/c1-21(2)30(44-33(48)26-16-14-25(15-17-26)24-12-8-5-9-13-24)35(50)43-28(20-23-10-6-4-7-11-23)34(49)41-22(3)32(47)42-27(18-19-29(40)45)31(46)36(37,38)39/h4-17,21-22,27-28,30-31,46H,18-20H2,1-3H3,(H2,40,45)(H,41,49)(H,42,47)(H,43,50)(H,44,48)/t22-,27?,28+,30+,31?/m1/s1. The summed E-state index contributed by atoms with van der Waals surface area (Å²) in [4.78, 5) is 64.3. The average Bonchev–Trinajstić information content (AvgIpc) is 3.08. The third-order valence-corrected chi connectivity index (χ3v) is 7.90. The van der Waals surface area contributed by atoms with Crippen LogP contribution in [0.25, 0.3) is 11.1 Å². The normalized spacial score (nSPS) is 14.4. The summed E-state index contributed by atoms with van der Waals surface area (Å²) in [7, 11) is 0. The number of carbonyl (C=O) groups is 5. The van der Waals surface area contributed by atoms with Crippen molar-refractivity contribution in [1.29, 1.82) is 0 Å². The van der Waals surface area contributed by atoms with Crippen molar-refractivity contribution in [2.24, 2.45) is 11.7 Å². The molecule has 0 fully saturated rings. The van der Waals surface area contributed by atoms with Gasteiger partial charge in [-0.25, -0.2) is 0 Å². The van der Waals surface area contributed by atoms with Crippen LogP contribution < -0.4 is 27.0 Å². The Labute approximate surface area is 288 Å². The molecule has 7 N–H and O–H groups in total. The lowest BCUT2D eigenvalue weighted by atomic mass is 9.99. The minimum absolute atomic E-state index is 0.0273. The number of amides is 5. The maximum atomic E-state index is 13.6. The van der Waals surface area contributed by atoms with Crippen molar-refractivity contribution < 1.29 is 42.3 Å². The van der Waals surface area contributed by atoms with E-state index in [4.69, 9.17) is 5.73 Å². The van der Waals surface area contributed by atoms with Gasteiger partial charge in [-0.1, -0.05) is 86.6 Å². The molecule has 0 bridgehead atoms. The van der Waals surface area contributed by atoms with E-state index in [9.17, 15) is 42.3 Å². The maximum Gasteiger partial charge on any atom is 0.416 e. The summed E-state index contributed by atoms with van der Waals surface area (Å²) < 4.78 is 39.7. The smallest absolute Gasteiger partial charge is 0.382 e. The molecule has 50 heavy (non-hydrogen) atoms. The number of aliphatic hydroxyl groups excluding tert-OH is 1. The van der Waals surface area contributed by atoms with E-state index in [2.05, 4.69) is 16.0 Å². The first-order valence-electron chi connectivity index (χ1n) is 16.0. The molecule has 0 saturated heterocycles. The van der Waals surface area contributed by atoms with E-state index >= 15 is 0 Å². The Kier molecular flexibility index (Phi) is 14.1. The summed E-state index contributed by atoms with van der Waals surface area (Å²) in [5.74, 6) is -4.45. The lowest BCUT2D eigenvalue weighted by Crippen LogP contribution is -2.59. The molecule has 0 spiro atoms. The molecule has 5 atom stereocenters. The van der Waals surface area contributed by atoms with Crippen LogP contribution in [0.4, 0.5) is 13.2 Å². The second kappa shape index (κ2) is 18.0. The van der Waals surface area contributed by atoms with Crippen molar-refractivity contribution in [2.45, 2.75) is 76.5 Å². The predicted octanol–water partition coefficient (Wildman–Crippen LogP) is 3.01. The number of carbonyl (C=O) groups excluding carboxylic acids is 5. The highest BCUT2D eigenvalue weighted by atomic mass is 19.4. The molecule has 0 aliphatic heterocycles. The van der Waals surface area contributed by atoms with Crippen molar-refractivity contribution in [2.75, 3.05) is 0 Å². The molecule has 3 rings (SSSR count). The first-order valence-corrected chi connectivity index (χ1v) is 16.0.